The number of carboxylic acids is 1. The molecule has 0 aliphatic rings. The van der Waals surface area contributed by atoms with Gasteiger partial charge in [-0.1, -0.05) is 12.1 Å². The summed E-state index contributed by atoms with van der Waals surface area (Å²) in [5.74, 6) is -1.63. The van der Waals surface area contributed by atoms with E-state index in [1.54, 1.807) is 24.3 Å². The maximum absolute atomic E-state index is 12.6. The number of carboxylic acid groups (broad SMARTS) is 1. The van der Waals surface area contributed by atoms with Gasteiger partial charge < -0.3 is 20.3 Å². The lowest BCUT2D eigenvalue weighted by Crippen LogP contribution is -2.30. The van der Waals surface area contributed by atoms with Gasteiger partial charge in [-0.15, -0.1) is 0 Å². The fraction of sp³-hybridized carbons (Fsp3) is 0.350. The lowest BCUT2D eigenvalue weighted by atomic mass is 10.1. The minimum absolute atomic E-state index is 0.0804. The Labute approximate surface area is 158 Å². The summed E-state index contributed by atoms with van der Waals surface area (Å²) in [4.78, 5) is 34.7. The molecule has 0 saturated heterocycles. The molecule has 3 N–H and O–H groups in total. The number of hydrogen-bond donors (Lipinski definition) is 3. The first kappa shape index (κ1) is 20.2. The lowest BCUT2D eigenvalue weighted by molar-refractivity contribution is -0.137. The van der Waals surface area contributed by atoms with Crippen LogP contribution in [0.3, 0.4) is 0 Å². The van der Waals surface area contributed by atoms with Gasteiger partial charge in [0.2, 0.25) is 5.91 Å². The van der Waals surface area contributed by atoms with Gasteiger partial charge in [0.1, 0.15) is 6.54 Å². The van der Waals surface area contributed by atoms with Gasteiger partial charge in [-0.2, -0.15) is 0 Å². The van der Waals surface area contributed by atoms with Gasteiger partial charge in [0.15, 0.2) is 0 Å². The van der Waals surface area contributed by atoms with Crippen molar-refractivity contribution in [2.75, 3.05) is 11.9 Å². The first-order valence-electron chi connectivity index (χ1n) is 8.76. The van der Waals surface area contributed by atoms with E-state index in [0.717, 1.165) is 17.0 Å². The van der Waals surface area contributed by atoms with Crippen molar-refractivity contribution in [3.05, 3.63) is 52.8 Å². The molecule has 0 saturated carbocycles. The van der Waals surface area contributed by atoms with E-state index in [1.165, 1.54) is 0 Å². The SMILES string of the molecule is Cc1cc(C(=O)Nc2ccc(CC(=O)NCC(=O)O)cc2)c(C)n1C(C)C. The Bertz CT molecular complexity index is 851. The molecule has 0 fully saturated rings. The number of aromatic nitrogens is 1. The Morgan fingerprint density at radius 1 is 1.11 bits per heavy atom. The summed E-state index contributed by atoms with van der Waals surface area (Å²) in [6.45, 7) is 7.66. The van der Waals surface area contributed by atoms with E-state index in [0.29, 0.717) is 11.3 Å². The molecule has 27 heavy (non-hydrogen) atoms. The monoisotopic (exact) mass is 371 g/mol. The fourth-order valence-corrected chi connectivity index (χ4v) is 3.13. The zero-order chi connectivity index (χ0) is 20.1. The van der Waals surface area contributed by atoms with Gasteiger partial charge in [0, 0.05) is 23.1 Å². The highest BCUT2D eigenvalue weighted by Crippen LogP contribution is 2.21. The number of aliphatic carboxylic acids is 1. The molecule has 2 rings (SSSR count). The van der Waals surface area contributed by atoms with Gasteiger partial charge in [-0.3, -0.25) is 14.4 Å². The Balaban J connectivity index is 2.02. The molecule has 0 unspecified atom stereocenters. The molecule has 1 heterocycles. The number of rotatable bonds is 7. The minimum atomic E-state index is -1.08. The largest absolute Gasteiger partial charge is 0.480 e. The second kappa shape index (κ2) is 8.53. The number of nitrogens with zero attached hydrogens (tertiary/aromatic N) is 1. The minimum Gasteiger partial charge on any atom is -0.480 e. The van der Waals surface area contributed by atoms with Crippen LogP contribution in [-0.4, -0.2) is 34.0 Å². The van der Waals surface area contributed by atoms with Gasteiger partial charge in [-0.05, 0) is 51.5 Å². The van der Waals surface area contributed by atoms with E-state index in [4.69, 9.17) is 5.11 Å². The highest BCUT2D eigenvalue weighted by molar-refractivity contribution is 6.05. The van der Waals surface area contributed by atoms with Gasteiger partial charge in [-0.25, -0.2) is 0 Å². The van der Waals surface area contributed by atoms with Crippen LogP contribution in [0.25, 0.3) is 0 Å². The molecule has 0 aliphatic carbocycles. The van der Waals surface area contributed by atoms with Crippen molar-refractivity contribution in [1.29, 1.82) is 0 Å². The van der Waals surface area contributed by atoms with Crippen molar-refractivity contribution >= 4 is 23.5 Å². The zero-order valence-corrected chi connectivity index (χ0v) is 16.0. The molecule has 1 aromatic carbocycles. The number of aryl methyl sites for hydroxylation is 1. The predicted molar refractivity (Wildman–Crippen MR) is 103 cm³/mol. The van der Waals surface area contributed by atoms with E-state index in [9.17, 15) is 14.4 Å². The van der Waals surface area contributed by atoms with Crippen LogP contribution >= 0.6 is 0 Å². The molecule has 1 aromatic heterocycles. The van der Waals surface area contributed by atoms with Crippen LogP contribution in [0.1, 0.15) is 47.2 Å². The van der Waals surface area contributed by atoms with Gasteiger partial charge in [0.05, 0.1) is 12.0 Å². The molecule has 0 radical (unpaired) electrons. The van der Waals surface area contributed by atoms with Crippen LogP contribution in [0.4, 0.5) is 5.69 Å². The van der Waals surface area contributed by atoms with Crippen molar-refractivity contribution < 1.29 is 19.5 Å². The van der Waals surface area contributed by atoms with Crippen LogP contribution in [0.2, 0.25) is 0 Å². The molecule has 0 bridgehead atoms. The summed E-state index contributed by atoms with van der Waals surface area (Å²) in [5, 5.41) is 13.7. The number of benzene rings is 1. The highest BCUT2D eigenvalue weighted by Gasteiger charge is 2.17. The second-order valence-corrected chi connectivity index (χ2v) is 6.75. The Hall–Kier alpha value is -3.09. The first-order valence-corrected chi connectivity index (χ1v) is 8.76. The van der Waals surface area contributed by atoms with E-state index in [1.807, 2.05) is 19.9 Å². The number of hydrogen-bond acceptors (Lipinski definition) is 3. The van der Waals surface area contributed by atoms with E-state index < -0.39 is 12.5 Å². The maximum atomic E-state index is 12.6. The van der Waals surface area contributed by atoms with Crippen LogP contribution in [0, 0.1) is 13.8 Å². The smallest absolute Gasteiger partial charge is 0.322 e. The van der Waals surface area contributed by atoms with Crippen LogP contribution < -0.4 is 10.6 Å². The second-order valence-electron chi connectivity index (χ2n) is 6.75. The average Bonchev–Trinajstić information content (AvgIpc) is 2.89. The molecule has 0 spiro atoms. The third kappa shape index (κ3) is 5.20. The Kier molecular flexibility index (Phi) is 6.39. The molecule has 7 nitrogen and oxygen atoms in total. The molecule has 0 atom stereocenters. The summed E-state index contributed by atoms with van der Waals surface area (Å²) in [5.41, 5.74) is 3.96. The Morgan fingerprint density at radius 3 is 2.26 bits per heavy atom. The predicted octanol–water partition coefficient (Wildman–Crippen LogP) is 2.68. The number of carbonyl (C=O) groups is 3. The molecular weight excluding hydrogens is 346 g/mol. The first-order chi connectivity index (χ1) is 12.7. The normalized spacial score (nSPS) is 10.7. The molecule has 7 heteroatoms. The van der Waals surface area contributed by atoms with E-state index in [-0.39, 0.29) is 24.3 Å². The summed E-state index contributed by atoms with van der Waals surface area (Å²) in [7, 11) is 0. The quantitative estimate of drug-likeness (QED) is 0.696. The topological polar surface area (TPSA) is 100 Å². The van der Waals surface area contributed by atoms with Gasteiger partial charge in [0.25, 0.3) is 5.91 Å². The summed E-state index contributed by atoms with van der Waals surface area (Å²) in [6.07, 6.45) is 0.0804. The van der Waals surface area contributed by atoms with E-state index in [2.05, 4.69) is 29.0 Å². The zero-order valence-electron chi connectivity index (χ0n) is 16.0. The van der Waals surface area contributed by atoms with Gasteiger partial charge >= 0.3 is 5.97 Å². The van der Waals surface area contributed by atoms with Crippen molar-refractivity contribution in [2.45, 2.75) is 40.2 Å². The van der Waals surface area contributed by atoms with Crippen molar-refractivity contribution in [3.63, 3.8) is 0 Å². The average molecular weight is 371 g/mol. The molecule has 2 aromatic rings. The number of nitrogens with one attached hydrogen (secondary N) is 2. The highest BCUT2D eigenvalue weighted by atomic mass is 16.4. The fourth-order valence-electron chi connectivity index (χ4n) is 3.13. The summed E-state index contributed by atoms with van der Waals surface area (Å²) >= 11 is 0. The van der Waals surface area contributed by atoms with Crippen molar-refractivity contribution in [2.24, 2.45) is 0 Å². The molecule has 2 amide bonds. The summed E-state index contributed by atoms with van der Waals surface area (Å²) < 4.78 is 2.12. The lowest BCUT2D eigenvalue weighted by Gasteiger charge is -2.13. The van der Waals surface area contributed by atoms with Crippen molar-refractivity contribution in [1.82, 2.24) is 9.88 Å². The summed E-state index contributed by atoms with van der Waals surface area (Å²) in [6, 6.07) is 9.06. The van der Waals surface area contributed by atoms with E-state index >= 15 is 0 Å². The maximum Gasteiger partial charge on any atom is 0.322 e. The van der Waals surface area contributed by atoms with Crippen LogP contribution in [-0.2, 0) is 16.0 Å². The molecule has 144 valence electrons. The molecule has 0 aliphatic heterocycles. The molecular formula is C20H25N3O4. The number of amides is 2. The van der Waals surface area contributed by atoms with Crippen LogP contribution in [0.15, 0.2) is 30.3 Å². The Morgan fingerprint density at radius 2 is 1.74 bits per heavy atom. The van der Waals surface area contributed by atoms with Crippen LogP contribution in [0.5, 0.6) is 0 Å². The number of carbonyl (C=O) groups excluding carboxylic acids is 2. The number of anilines is 1. The van der Waals surface area contributed by atoms with Crippen molar-refractivity contribution in [3.8, 4) is 0 Å². The standard InChI is InChI=1S/C20H25N3O4/c1-12(2)23-13(3)9-17(14(23)4)20(27)22-16-7-5-15(6-8-16)10-18(24)21-11-19(25)26/h5-9,12H,10-11H2,1-4H3,(H,21,24)(H,22,27)(H,25,26). The third-order valence-electron chi connectivity index (χ3n) is 4.26. The third-order valence-corrected chi connectivity index (χ3v) is 4.26.